The van der Waals surface area contributed by atoms with Crippen LogP contribution >= 0.6 is 0 Å². The molecule has 1 unspecified atom stereocenters. The normalized spacial score (nSPS) is 18.9. The van der Waals surface area contributed by atoms with E-state index in [-0.39, 0.29) is 12.2 Å². The largest absolute Gasteiger partial charge is 0.467 e. The molecule has 0 bridgehead atoms. The second kappa shape index (κ2) is 5.45. The molecule has 0 N–H and O–H groups in total. The first-order chi connectivity index (χ1) is 9.45. The Bertz CT molecular complexity index is 541. The lowest BCUT2D eigenvalue weighted by molar-refractivity contribution is -0.384. The van der Waals surface area contributed by atoms with Gasteiger partial charge < -0.3 is 14.4 Å². The lowest BCUT2D eigenvalue weighted by atomic mass is 10.2. The number of esters is 1. The van der Waals surface area contributed by atoms with E-state index < -0.39 is 17.0 Å². The summed E-state index contributed by atoms with van der Waals surface area (Å²) in [4.78, 5) is 24.0. The summed E-state index contributed by atoms with van der Waals surface area (Å²) in [7, 11) is 2.92. The molecular formula is C11H16N4O5. The van der Waals surface area contributed by atoms with Gasteiger partial charge in [0.1, 0.15) is 5.69 Å². The predicted octanol–water partition coefficient (Wildman–Crippen LogP) is 0.0149. The molecule has 0 radical (unpaired) electrons. The number of methoxy groups -OCH3 is 1. The lowest BCUT2D eigenvalue weighted by Crippen LogP contribution is -2.47. The minimum atomic E-state index is -0.747. The molecule has 20 heavy (non-hydrogen) atoms. The van der Waals surface area contributed by atoms with Crippen LogP contribution < -0.4 is 4.90 Å². The van der Waals surface area contributed by atoms with Gasteiger partial charge in [0.25, 0.3) is 0 Å². The van der Waals surface area contributed by atoms with Gasteiger partial charge >= 0.3 is 11.7 Å². The molecule has 1 atom stereocenters. The first kappa shape index (κ1) is 14.3. The van der Waals surface area contributed by atoms with E-state index in [2.05, 4.69) is 9.84 Å². The van der Waals surface area contributed by atoms with E-state index >= 15 is 0 Å². The summed E-state index contributed by atoms with van der Waals surface area (Å²) in [5.74, 6) is -0.110. The van der Waals surface area contributed by atoms with Gasteiger partial charge in [-0.25, -0.2) is 9.48 Å². The minimum absolute atomic E-state index is 0.0435. The molecular weight excluding hydrogens is 268 g/mol. The monoisotopic (exact) mass is 284 g/mol. The Morgan fingerprint density at radius 2 is 2.30 bits per heavy atom. The van der Waals surface area contributed by atoms with Crippen LogP contribution in [0.25, 0.3) is 0 Å². The minimum Gasteiger partial charge on any atom is -0.467 e. The fourth-order valence-corrected chi connectivity index (χ4v) is 2.32. The Balaban J connectivity index is 2.32. The Labute approximate surface area is 115 Å². The van der Waals surface area contributed by atoms with E-state index in [4.69, 9.17) is 4.74 Å². The van der Waals surface area contributed by atoms with Crippen molar-refractivity contribution in [3.05, 3.63) is 15.8 Å². The predicted molar refractivity (Wildman–Crippen MR) is 68.6 cm³/mol. The number of hydrogen-bond acceptors (Lipinski definition) is 7. The van der Waals surface area contributed by atoms with Crippen LogP contribution in [0.15, 0.2) is 0 Å². The Morgan fingerprint density at radius 1 is 1.60 bits per heavy atom. The number of carbonyl (C=O) groups excluding carboxylic acids is 1. The van der Waals surface area contributed by atoms with Gasteiger partial charge in [0.05, 0.1) is 25.2 Å². The number of ether oxygens (including phenoxy) is 2. The van der Waals surface area contributed by atoms with Crippen LogP contribution in [0.3, 0.4) is 0 Å². The van der Waals surface area contributed by atoms with Crippen molar-refractivity contribution in [2.45, 2.75) is 13.0 Å². The van der Waals surface area contributed by atoms with Gasteiger partial charge in [-0.3, -0.25) is 10.1 Å². The number of nitro groups is 1. The molecule has 2 rings (SSSR count). The van der Waals surface area contributed by atoms with Crippen LogP contribution in [0.2, 0.25) is 0 Å². The summed E-state index contributed by atoms with van der Waals surface area (Å²) in [6, 6.07) is 0. The van der Waals surface area contributed by atoms with Crippen molar-refractivity contribution in [2.24, 2.45) is 7.05 Å². The highest BCUT2D eigenvalue weighted by Crippen LogP contribution is 2.31. The first-order valence-electron chi connectivity index (χ1n) is 6.08. The van der Waals surface area contributed by atoms with Crippen molar-refractivity contribution in [1.82, 2.24) is 9.78 Å². The Morgan fingerprint density at radius 3 is 2.90 bits per heavy atom. The average Bonchev–Trinajstić information content (AvgIpc) is 2.72. The summed E-state index contributed by atoms with van der Waals surface area (Å²) < 4.78 is 11.4. The maximum atomic E-state index is 11.5. The molecule has 1 fully saturated rings. The van der Waals surface area contributed by atoms with E-state index in [1.165, 1.54) is 11.8 Å². The molecule has 1 aliphatic heterocycles. The highest BCUT2D eigenvalue weighted by atomic mass is 16.6. The molecule has 1 saturated heterocycles. The van der Waals surface area contributed by atoms with Gasteiger partial charge in [0.15, 0.2) is 6.10 Å². The number of aromatic nitrogens is 2. The lowest BCUT2D eigenvalue weighted by Gasteiger charge is -2.32. The van der Waals surface area contributed by atoms with Gasteiger partial charge in [0, 0.05) is 13.6 Å². The van der Waals surface area contributed by atoms with E-state index in [1.54, 1.807) is 18.9 Å². The fourth-order valence-electron chi connectivity index (χ4n) is 2.32. The van der Waals surface area contributed by atoms with Gasteiger partial charge in [-0.05, 0) is 6.92 Å². The molecule has 0 saturated carbocycles. The van der Waals surface area contributed by atoms with E-state index in [0.717, 1.165) is 0 Å². The summed E-state index contributed by atoms with van der Waals surface area (Å²) in [6.45, 7) is 2.53. The molecule has 0 aliphatic carbocycles. The number of rotatable bonds is 3. The molecule has 0 amide bonds. The van der Waals surface area contributed by atoms with Crippen LogP contribution in [0, 0.1) is 17.0 Å². The molecule has 1 aromatic rings. The third-order valence-electron chi connectivity index (χ3n) is 3.17. The molecule has 0 aromatic carbocycles. The number of aryl methyl sites for hydroxylation is 2. The number of morpholine rings is 1. The summed E-state index contributed by atoms with van der Waals surface area (Å²) in [6.07, 6.45) is -0.747. The third-order valence-corrected chi connectivity index (χ3v) is 3.17. The molecule has 110 valence electrons. The zero-order chi connectivity index (χ0) is 14.9. The standard InChI is InChI=1S/C11H16N4O5/c1-7-9(15(17)18)10(13(2)12-7)14-4-5-20-8(6-14)11(16)19-3/h8H,4-6H2,1-3H3. The summed E-state index contributed by atoms with van der Waals surface area (Å²) in [5, 5.41) is 15.2. The summed E-state index contributed by atoms with van der Waals surface area (Å²) in [5.41, 5.74) is 0.298. The molecule has 1 aromatic heterocycles. The van der Waals surface area contributed by atoms with Gasteiger partial charge in [-0.2, -0.15) is 5.10 Å². The van der Waals surface area contributed by atoms with Crippen molar-refractivity contribution in [1.29, 1.82) is 0 Å². The van der Waals surface area contributed by atoms with Crippen molar-refractivity contribution >= 4 is 17.5 Å². The van der Waals surface area contributed by atoms with Gasteiger partial charge in [-0.15, -0.1) is 0 Å². The average molecular weight is 284 g/mol. The molecule has 9 heteroatoms. The van der Waals surface area contributed by atoms with Crippen molar-refractivity contribution in [3.63, 3.8) is 0 Å². The molecule has 0 spiro atoms. The van der Waals surface area contributed by atoms with E-state index in [9.17, 15) is 14.9 Å². The number of hydrogen-bond donors (Lipinski definition) is 0. The van der Waals surface area contributed by atoms with Crippen LogP contribution in [-0.2, 0) is 21.3 Å². The summed E-state index contributed by atoms with van der Waals surface area (Å²) >= 11 is 0. The third kappa shape index (κ3) is 2.44. The zero-order valence-electron chi connectivity index (χ0n) is 11.5. The topological polar surface area (TPSA) is 99.7 Å². The zero-order valence-corrected chi connectivity index (χ0v) is 11.5. The second-order valence-electron chi connectivity index (χ2n) is 4.47. The molecule has 1 aliphatic rings. The number of nitrogens with zero attached hydrogens (tertiary/aromatic N) is 4. The van der Waals surface area contributed by atoms with Crippen LogP contribution in [-0.4, -0.2) is 53.6 Å². The fraction of sp³-hybridized carbons (Fsp3) is 0.636. The number of carbonyl (C=O) groups is 1. The van der Waals surface area contributed by atoms with Gasteiger partial charge in [0.2, 0.25) is 5.82 Å². The van der Waals surface area contributed by atoms with Crippen LogP contribution in [0.5, 0.6) is 0 Å². The highest BCUT2D eigenvalue weighted by Gasteiger charge is 2.34. The second-order valence-corrected chi connectivity index (χ2v) is 4.47. The highest BCUT2D eigenvalue weighted by molar-refractivity contribution is 5.76. The Kier molecular flexibility index (Phi) is 3.89. The van der Waals surface area contributed by atoms with E-state index in [0.29, 0.717) is 24.7 Å². The van der Waals surface area contributed by atoms with Gasteiger partial charge in [-0.1, -0.05) is 0 Å². The maximum absolute atomic E-state index is 11.5. The van der Waals surface area contributed by atoms with Crippen LogP contribution in [0.1, 0.15) is 5.69 Å². The van der Waals surface area contributed by atoms with Crippen molar-refractivity contribution in [2.75, 3.05) is 31.7 Å². The first-order valence-corrected chi connectivity index (χ1v) is 6.08. The van der Waals surface area contributed by atoms with Crippen LogP contribution in [0.4, 0.5) is 11.5 Å². The van der Waals surface area contributed by atoms with Crippen molar-refractivity contribution in [3.8, 4) is 0 Å². The number of anilines is 1. The Hall–Kier alpha value is -2.16. The smallest absolute Gasteiger partial charge is 0.336 e. The molecule has 2 heterocycles. The van der Waals surface area contributed by atoms with Crippen molar-refractivity contribution < 1.29 is 19.2 Å². The SMILES string of the molecule is COC(=O)C1CN(c2c([N+](=O)[O-])c(C)nn2C)CCO1. The molecule has 9 nitrogen and oxygen atoms in total. The maximum Gasteiger partial charge on any atom is 0.336 e. The van der Waals surface area contributed by atoms with E-state index in [1.807, 2.05) is 0 Å². The quantitative estimate of drug-likeness (QED) is 0.438.